The molecule has 240 valence electrons. The van der Waals surface area contributed by atoms with Crippen molar-refractivity contribution < 1.29 is 0 Å². The quantitative estimate of drug-likeness (QED) is 0.185. The van der Waals surface area contributed by atoms with E-state index in [1.54, 1.807) is 0 Å². The second kappa shape index (κ2) is 12.0. The highest BCUT2D eigenvalue weighted by Crippen LogP contribution is 2.37. The second-order valence-electron chi connectivity index (χ2n) is 13.0. The standard InChI is InChI=1S/C47H32N4/c1-2-5-17-32(16-4-1)34-28-35(33-18-6-3-7-19-33)30-36(29-34)41-31-46(50-42-24-12-8-20-37(42)38-21-9-13-25-43(38)50)49-47(48-41)51-44-26-14-10-22-39(44)40-23-11-15-27-45(40)51/h1-16,18-31H,17H2. The second-order valence-corrected chi connectivity index (χ2v) is 13.0. The van der Waals surface area contributed by atoms with Gasteiger partial charge in [0.05, 0.1) is 27.8 Å². The van der Waals surface area contributed by atoms with Crippen molar-refractivity contribution in [3.8, 4) is 34.2 Å². The van der Waals surface area contributed by atoms with E-state index in [1.165, 1.54) is 38.2 Å². The molecular weight excluding hydrogens is 621 g/mol. The van der Waals surface area contributed by atoms with Crippen LogP contribution in [-0.4, -0.2) is 19.1 Å². The predicted molar refractivity (Wildman–Crippen MR) is 212 cm³/mol. The van der Waals surface area contributed by atoms with Crippen molar-refractivity contribution in [3.05, 3.63) is 188 Å². The summed E-state index contributed by atoms with van der Waals surface area (Å²) in [6, 6.07) is 53.9. The Balaban J connectivity index is 1.30. The fourth-order valence-corrected chi connectivity index (χ4v) is 7.64. The fourth-order valence-electron chi connectivity index (χ4n) is 7.64. The van der Waals surface area contributed by atoms with Gasteiger partial charge < -0.3 is 0 Å². The van der Waals surface area contributed by atoms with Crippen molar-refractivity contribution in [2.75, 3.05) is 0 Å². The molecular formula is C47H32N4. The molecule has 0 saturated carbocycles. The number of rotatable bonds is 5. The Bertz CT molecular complexity index is 2640. The third-order valence-corrected chi connectivity index (χ3v) is 9.99. The lowest BCUT2D eigenvalue weighted by Gasteiger charge is -2.16. The Hall–Kier alpha value is -6.78. The summed E-state index contributed by atoms with van der Waals surface area (Å²) < 4.78 is 4.51. The molecule has 4 heteroatoms. The molecule has 51 heavy (non-hydrogen) atoms. The maximum atomic E-state index is 5.45. The van der Waals surface area contributed by atoms with E-state index >= 15 is 0 Å². The number of benzene rings is 6. The zero-order chi connectivity index (χ0) is 33.7. The largest absolute Gasteiger partial charge is 0.294 e. The average molecular weight is 653 g/mol. The first kappa shape index (κ1) is 29.2. The lowest BCUT2D eigenvalue weighted by molar-refractivity contribution is 0.952. The molecule has 1 aliphatic carbocycles. The number of hydrogen-bond acceptors (Lipinski definition) is 2. The van der Waals surface area contributed by atoms with Gasteiger partial charge in [-0.05, 0) is 71.1 Å². The molecule has 4 nitrogen and oxygen atoms in total. The monoisotopic (exact) mass is 652 g/mol. The van der Waals surface area contributed by atoms with Crippen LogP contribution < -0.4 is 0 Å². The molecule has 0 aliphatic heterocycles. The highest BCUT2D eigenvalue weighted by Gasteiger charge is 2.20. The molecule has 1 aliphatic rings. The number of para-hydroxylation sites is 4. The van der Waals surface area contributed by atoms with Crippen molar-refractivity contribution in [1.29, 1.82) is 0 Å². The third kappa shape index (κ3) is 4.92. The Morgan fingerprint density at radius 1 is 0.412 bits per heavy atom. The summed E-state index contributed by atoms with van der Waals surface area (Å²) in [4.78, 5) is 10.9. The van der Waals surface area contributed by atoms with Crippen LogP contribution in [0.5, 0.6) is 0 Å². The minimum atomic E-state index is 0.632. The van der Waals surface area contributed by atoms with Crippen LogP contribution in [-0.2, 0) is 0 Å². The van der Waals surface area contributed by atoms with Crippen LogP contribution in [0.4, 0.5) is 0 Å². The van der Waals surface area contributed by atoms with Gasteiger partial charge in [-0.2, -0.15) is 4.98 Å². The molecule has 0 radical (unpaired) electrons. The van der Waals surface area contributed by atoms with Gasteiger partial charge in [0.1, 0.15) is 5.82 Å². The molecule has 0 unspecified atom stereocenters. The zero-order valence-corrected chi connectivity index (χ0v) is 27.8. The van der Waals surface area contributed by atoms with Gasteiger partial charge in [-0.15, -0.1) is 0 Å². The summed E-state index contributed by atoms with van der Waals surface area (Å²) in [7, 11) is 0. The summed E-state index contributed by atoms with van der Waals surface area (Å²) in [6.07, 6.45) is 11.6. The molecule has 0 amide bonds. The molecule has 0 fully saturated rings. The lowest BCUT2D eigenvalue weighted by atomic mass is 9.93. The SMILES string of the molecule is C1=CC=C(c2cc(-c3ccccc3)cc(-c3cc(-n4c5ccccc5c5ccccc54)nc(-n4c5ccccc5c5ccccc54)n3)c2)CC=C1. The summed E-state index contributed by atoms with van der Waals surface area (Å²) in [5.74, 6) is 1.45. The Morgan fingerprint density at radius 3 is 1.57 bits per heavy atom. The zero-order valence-electron chi connectivity index (χ0n) is 27.8. The number of allylic oxidation sites excluding steroid dienone is 6. The number of fused-ring (bicyclic) bond motifs is 6. The van der Waals surface area contributed by atoms with Crippen LogP contribution in [0, 0.1) is 0 Å². The maximum absolute atomic E-state index is 5.45. The molecule has 6 aromatic carbocycles. The van der Waals surface area contributed by atoms with E-state index < -0.39 is 0 Å². The summed E-state index contributed by atoms with van der Waals surface area (Å²) in [5, 5.41) is 4.74. The normalized spacial score (nSPS) is 13.0. The Morgan fingerprint density at radius 2 is 0.941 bits per heavy atom. The Labute approximate surface area is 295 Å². The molecule has 9 aromatic rings. The van der Waals surface area contributed by atoms with Gasteiger partial charge in [-0.3, -0.25) is 9.13 Å². The Kier molecular flexibility index (Phi) is 6.85. The van der Waals surface area contributed by atoms with E-state index in [1.807, 2.05) is 0 Å². The third-order valence-electron chi connectivity index (χ3n) is 9.99. The summed E-state index contributed by atoms with van der Waals surface area (Å²) in [6.45, 7) is 0. The van der Waals surface area contributed by atoms with Gasteiger partial charge in [0.25, 0.3) is 0 Å². The van der Waals surface area contributed by atoms with E-state index in [2.05, 4.69) is 191 Å². The van der Waals surface area contributed by atoms with Gasteiger partial charge >= 0.3 is 0 Å². The van der Waals surface area contributed by atoms with Crippen molar-refractivity contribution in [1.82, 2.24) is 19.1 Å². The van der Waals surface area contributed by atoms with Crippen LogP contribution in [0.15, 0.2) is 182 Å². The van der Waals surface area contributed by atoms with Crippen LogP contribution in [0.3, 0.4) is 0 Å². The van der Waals surface area contributed by atoms with E-state index in [9.17, 15) is 0 Å². The molecule has 0 saturated heterocycles. The van der Waals surface area contributed by atoms with E-state index in [0.717, 1.165) is 51.1 Å². The van der Waals surface area contributed by atoms with Crippen LogP contribution >= 0.6 is 0 Å². The highest BCUT2D eigenvalue weighted by atomic mass is 15.2. The first-order chi connectivity index (χ1) is 25.3. The van der Waals surface area contributed by atoms with Crippen molar-refractivity contribution in [2.45, 2.75) is 6.42 Å². The van der Waals surface area contributed by atoms with E-state index in [0.29, 0.717) is 5.95 Å². The van der Waals surface area contributed by atoms with Gasteiger partial charge in [0, 0.05) is 33.2 Å². The number of aromatic nitrogens is 4. The number of nitrogens with zero attached hydrogens (tertiary/aromatic N) is 4. The molecule has 0 atom stereocenters. The fraction of sp³-hybridized carbons (Fsp3) is 0.0213. The molecule has 0 spiro atoms. The van der Waals surface area contributed by atoms with Crippen LogP contribution in [0.1, 0.15) is 12.0 Å². The highest BCUT2D eigenvalue weighted by molar-refractivity contribution is 6.10. The van der Waals surface area contributed by atoms with Gasteiger partial charge in [-0.1, -0.05) is 134 Å². The van der Waals surface area contributed by atoms with E-state index in [-0.39, 0.29) is 0 Å². The van der Waals surface area contributed by atoms with Crippen LogP contribution in [0.2, 0.25) is 0 Å². The minimum absolute atomic E-state index is 0.632. The first-order valence-corrected chi connectivity index (χ1v) is 17.4. The molecule has 0 N–H and O–H groups in total. The first-order valence-electron chi connectivity index (χ1n) is 17.4. The lowest BCUT2D eigenvalue weighted by Crippen LogP contribution is -2.07. The van der Waals surface area contributed by atoms with Gasteiger partial charge in [0.2, 0.25) is 5.95 Å². The topological polar surface area (TPSA) is 35.6 Å². The van der Waals surface area contributed by atoms with Crippen molar-refractivity contribution in [2.24, 2.45) is 0 Å². The number of hydrogen-bond donors (Lipinski definition) is 0. The smallest absolute Gasteiger partial charge is 0.237 e. The molecule has 3 heterocycles. The maximum Gasteiger partial charge on any atom is 0.237 e. The van der Waals surface area contributed by atoms with Crippen LogP contribution in [0.25, 0.3) is 83.3 Å². The molecule has 10 rings (SSSR count). The van der Waals surface area contributed by atoms with Crippen molar-refractivity contribution in [3.63, 3.8) is 0 Å². The predicted octanol–water partition coefficient (Wildman–Crippen LogP) is 11.9. The molecule has 3 aromatic heterocycles. The van der Waals surface area contributed by atoms with Crippen molar-refractivity contribution >= 4 is 49.2 Å². The summed E-state index contributed by atoms with van der Waals surface area (Å²) >= 11 is 0. The minimum Gasteiger partial charge on any atom is -0.294 e. The molecule has 0 bridgehead atoms. The van der Waals surface area contributed by atoms with Gasteiger partial charge in [-0.25, -0.2) is 4.98 Å². The average Bonchev–Trinajstić information content (AvgIpc) is 3.56. The van der Waals surface area contributed by atoms with E-state index in [4.69, 9.17) is 9.97 Å². The van der Waals surface area contributed by atoms with Gasteiger partial charge in [0.15, 0.2) is 0 Å². The summed E-state index contributed by atoms with van der Waals surface area (Å²) in [5.41, 5.74) is 11.0.